The average molecular weight is 261 g/mol. The summed E-state index contributed by atoms with van der Waals surface area (Å²) >= 11 is 0. The summed E-state index contributed by atoms with van der Waals surface area (Å²) in [5.41, 5.74) is 6.31. The number of sulfone groups is 1. The van der Waals surface area contributed by atoms with E-state index in [-0.39, 0.29) is 11.3 Å². The van der Waals surface area contributed by atoms with E-state index >= 15 is 0 Å². The van der Waals surface area contributed by atoms with Crippen molar-refractivity contribution in [1.82, 2.24) is 0 Å². The third-order valence-electron chi connectivity index (χ3n) is 4.10. The van der Waals surface area contributed by atoms with Gasteiger partial charge >= 0.3 is 0 Å². The van der Waals surface area contributed by atoms with E-state index in [1.165, 1.54) is 31.9 Å². The zero-order valence-electron chi connectivity index (χ0n) is 11.2. The Morgan fingerprint density at radius 1 is 1.29 bits per heavy atom. The highest BCUT2D eigenvalue weighted by Crippen LogP contribution is 2.33. The first-order valence-corrected chi connectivity index (χ1v) is 8.87. The van der Waals surface area contributed by atoms with E-state index in [0.717, 1.165) is 25.2 Å². The van der Waals surface area contributed by atoms with Gasteiger partial charge in [-0.1, -0.05) is 26.2 Å². The standard InChI is InChI=1S/C13H27NO2S/c1-3-12-6-4-8-13(14,10-7-12)9-5-11-17(2,15)16/h12H,3-11,14H2,1-2H3. The summed E-state index contributed by atoms with van der Waals surface area (Å²) in [6, 6.07) is 0. The van der Waals surface area contributed by atoms with E-state index < -0.39 is 9.84 Å². The van der Waals surface area contributed by atoms with Gasteiger partial charge in [0.2, 0.25) is 0 Å². The molecule has 0 saturated heterocycles. The number of nitrogens with two attached hydrogens (primary N) is 1. The van der Waals surface area contributed by atoms with Gasteiger partial charge in [-0.25, -0.2) is 8.42 Å². The van der Waals surface area contributed by atoms with Crippen LogP contribution in [0.25, 0.3) is 0 Å². The Hall–Kier alpha value is -0.0900. The van der Waals surface area contributed by atoms with Crippen LogP contribution in [0.2, 0.25) is 0 Å². The Labute approximate surface area is 106 Å². The number of hydrogen-bond acceptors (Lipinski definition) is 3. The predicted molar refractivity (Wildman–Crippen MR) is 72.7 cm³/mol. The van der Waals surface area contributed by atoms with Crippen LogP contribution in [0.4, 0.5) is 0 Å². The monoisotopic (exact) mass is 261 g/mol. The van der Waals surface area contributed by atoms with Gasteiger partial charge in [-0.15, -0.1) is 0 Å². The molecule has 2 atom stereocenters. The van der Waals surface area contributed by atoms with E-state index in [0.29, 0.717) is 6.42 Å². The summed E-state index contributed by atoms with van der Waals surface area (Å²) in [6.45, 7) is 2.25. The lowest BCUT2D eigenvalue weighted by molar-refractivity contribution is 0.334. The minimum atomic E-state index is -2.83. The van der Waals surface area contributed by atoms with Crippen LogP contribution < -0.4 is 5.73 Å². The molecule has 102 valence electrons. The van der Waals surface area contributed by atoms with Gasteiger partial charge in [-0.3, -0.25) is 0 Å². The molecule has 4 heteroatoms. The molecule has 2 N–H and O–H groups in total. The molecule has 1 rings (SSSR count). The van der Waals surface area contributed by atoms with Crippen molar-refractivity contribution in [3.8, 4) is 0 Å². The van der Waals surface area contributed by atoms with Crippen LogP contribution in [0.3, 0.4) is 0 Å². The number of rotatable bonds is 5. The molecule has 17 heavy (non-hydrogen) atoms. The van der Waals surface area contributed by atoms with E-state index in [1.807, 2.05) is 0 Å². The normalized spacial score (nSPS) is 31.1. The van der Waals surface area contributed by atoms with Crippen molar-refractivity contribution in [2.75, 3.05) is 12.0 Å². The minimum absolute atomic E-state index is 0.103. The highest BCUT2D eigenvalue weighted by atomic mass is 32.2. The summed E-state index contributed by atoms with van der Waals surface area (Å²) < 4.78 is 22.2. The molecule has 0 aromatic carbocycles. The molecule has 0 amide bonds. The lowest BCUT2D eigenvalue weighted by Gasteiger charge is -2.28. The molecule has 0 aromatic heterocycles. The molecule has 1 saturated carbocycles. The Morgan fingerprint density at radius 3 is 2.59 bits per heavy atom. The quantitative estimate of drug-likeness (QED) is 0.774. The molecular weight excluding hydrogens is 234 g/mol. The van der Waals surface area contributed by atoms with Crippen molar-refractivity contribution in [1.29, 1.82) is 0 Å². The molecule has 0 heterocycles. The first-order valence-electron chi connectivity index (χ1n) is 6.81. The van der Waals surface area contributed by atoms with E-state index in [1.54, 1.807) is 0 Å². The van der Waals surface area contributed by atoms with Crippen LogP contribution in [0.5, 0.6) is 0 Å². The largest absolute Gasteiger partial charge is 0.325 e. The van der Waals surface area contributed by atoms with Gasteiger partial charge in [-0.2, -0.15) is 0 Å². The summed E-state index contributed by atoms with van der Waals surface area (Å²) in [7, 11) is -2.83. The smallest absolute Gasteiger partial charge is 0.147 e. The summed E-state index contributed by atoms with van der Waals surface area (Å²) in [6.07, 6.45) is 9.96. The maximum absolute atomic E-state index is 11.1. The highest BCUT2D eigenvalue weighted by molar-refractivity contribution is 7.90. The molecule has 0 aromatic rings. The van der Waals surface area contributed by atoms with Gasteiger partial charge in [-0.05, 0) is 38.0 Å². The van der Waals surface area contributed by atoms with Crippen LogP contribution in [0.1, 0.15) is 58.3 Å². The Balaban J connectivity index is 2.40. The first-order chi connectivity index (χ1) is 7.85. The topological polar surface area (TPSA) is 60.2 Å². The van der Waals surface area contributed by atoms with Gasteiger partial charge in [0.1, 0.15) is 9.84 Å². The second-order valence-electron chi connectivity index (χ2n) is 5.80. The van der Waals surface area contributed by atoms with E-state index in [2.05, 4.69) is 6.92 Å². The Kier molecular flexibility index (Phi) is 5.45. The molecule has 0 aliphatic heterocycles. The second kappa shape index (κ2) is 6.19. The van der Waals surface area contributed by atoms with Crippen molar-refractivity contribution >= 4 is 9.84 Å². The molecule has 0 radical (unpaired) electrons. The zero-order chi connectivity index (χ0) is 12.9. The maximum Gasteiger partial charge on any atom is 0.147 e. The summed E-state index contributed by atoms with van der Waals surface area (Å²) in [4.78, 5) is 0. The SMILES string of the molecule is CCC1CCCC(N)(CCCS(C)(=O)=O)CC1. The fourth-order valence-corrected chi connectivity index (χ4v) is 3.52. The third-order valence-corrected chi connectivity index (χ3v) is 5.13. The fraction of sp³-hybridized carbons (Fsp3) is 1.00. The molecular formula is C13H27NO2S. The lowest BCUT2D eigenvalue weighted by atomic mass is 9.86. The van der Waals surface area contributed by atoms with Crippen molar-refractivity contribution in [3.63, 3.8) is 0 Å². The van der Waals surface area contributed by atoms with Gasteiger partial charge in [0.25, 0.3) is 0 Å². The fourth-order valence-electron chi connectivity index (χ4n) is 2.85. The van der Waals surface area contributed by atoms with Crippen LogP contribution in [0.15, 0.2) is 0 Å². The highest BCUT2D eigenvalue weighted by Gasteiger charge is 2.28. The van der Waals surface area contributed by atoms with Gasteiger partial charge in [0.15, 0.2) is 0 Å². The molecule has 2 unspecified atom stereocenters. The predicted octanol–water partition coefficient (Wildman–Crippen LogP) is 2.50. The first kappa shape index (κ1) is 15.0. The minimum Gasteiger partial charge on any atom is -0.325 e. The average Bonchev–Trinajstić information content (AvgIpc) is 2.38. The molecule has 1 aliphatic rings. The van der Waals surface area contributed by atoms with Crippen LogP contribution in [-0.4, -0.2) is 26.0 Å². The zero-order valence-corrected chi connectivity index (χ0v) is 12.1. The molecule has 1 aliphatic carbocycles. The third kappa shape index (κ3) is 5.87. The molecule has 1 fully saturated rings. The van der Waals surface area contributed by atoms with E-state index in [9.17, 15) is 8.42 Å². The number of hydrogen-bond donors (Lipinski definition) is 1. The van der Waals surface area contributed by atoms with Crippen LogP contribution in [0, 0.1) is 5.92 Å². The lowest BCUT2D eigenvalue weighted by Crippen LogP contribution is -2.39. The van der Waals surface area contributed by atoms with Crippen LogP contribution in [-0.2, 0) is 9.84 Å². The van der Waals surface area contributed by atoms with E-state index in [4.69, 9.17) is 5.73 Å². The molecule has 0 spiro atoms. The van der Waals surface area contributed by atoms with Crippen molar-refractivity contribution in [2.24, 2.45) is 11.7 Å². The summed E-state index contributed by atoms with van der Waals surface area (Å²) in [5, 5.41) is 0. The Bertz CT molecular complexity index is 326. The van der Waals surface area contributed by atoms with Crippen molar-refractivity contribution < 1.29 is 8.42 Å². The van der Waals surface area contributed by atoms with Gasteiger partial charge < -0.3 is 5.73 Å². The Morgan fingerprint density at radius 2 is 2.00 bits per heavy atom. The van der Waals surface area contributed by atoms with Crippen molar-refractivity contribution in [3.05, 3.63) is 0 Å². The van der Waals surface area contributed by atoms with Crippen molar-refractivity contribution in [2.45, 2.75) is 63.8 Å². The summed E-state index contributed by atoms with van der Waals surface area (Å²) in [5.74, 6) is 1.11. The van der Waals surface area contributed by atoms with Gasteiger partial charge in [0.05, 0.1) is 0 Å². The van der Waals surface area contributed by atoms with Crippen LogP contribution >= 0.6 is 0 Å². The molecule has 3 nitrogen and oxygen atoms in total. The van der Waals surface area contributed by atoms with Gasteiger partial charge in [0, 0.05) is 17.5 Å². The second-order valence-corrected chi connectivity index (χ2v) is 8.06. The maximum atomic E-state index is 11.1. The molecule has 0 bridgehead atoms.